The summed E-state index contributed by atoms with van der Waals surface area (Å²) < 4.78 is 87.4. The quantitative estimate of drug-likeness (QED) is 0.221. The van der Waals surface area contributed by atoms with E-state index < -0.39 is 67.1 Å². The molecule has 18 atom stereocenters. The van der Waals surface area contributed by atoms with E-state index in [4.69, 9.17) is 0 Å². The standard InChI is InChI=1S/C109H182O6S6/c110-116-50-49-74-1-25-86(26-2-74)98-51-99-53-100(52-98)89-31-7-77(8-32-89)65-118(112)69-81-15-39-93(40-16-81)105-58-107-62-109(60-105)97-47-23-85(24-48-97)73-121(115)72-84-21-45-96(46-22-84)108-59-104(92-37-13-80(14-38-92)68-117(111)64-76-5-29-88(99)30-6-76)57-106(61-108)94-41-17-82(18-42-94)70-119(113)66-78-9-33-90(34-10-78)102-54-101(87-27-3-75(63-116)4-28-87)55-103(56-102)91-35-11-79(12-36-91)67-120(114)71-83-19-43-95(107)44-20-83/h74-109H,1-73H2/t74-,75-,76-,77-,78-,79-,80-,81-,82-,83-,84?,85?,86+,87+,88+,89+,90+,91+,92+,93+,94+,95+,96?,97?,98?,99-,100?,101?,102+,103?,104-,105+,106+,107-,108?,109?,116-,117?,118?,119?,120?,121+/m0/s1. The Hall–Kier alpha value is 1.86. The normalized spacial score (nSPS) is 52.1. The van der Waals surface area contributed by atoms with E-state index in [1.807, 2.05) is 0 Å². The van der Waals surface area contributed by atoms with E-state index in [2.05, 4.69) is 0 Å². The predicted molar refractivity (Wildman–Crippen MR) is 515 cm³/mol. The average Bonchev–Trinajstić information content (AvgIpc) is 0.810. The van der Waals surface area contributed by atoms with Crippen molar-refractivity contribution in [2.45, 2.75) is 392 Å². The second-order valence-corrected chi connectivity index (χ2v) is 59.6. The zero-order chi connectivity index (χ0) is 81.9. The summed E-state index contributed by atoms with van der Waals surface area (Å²) in [5.41, 5.74) is 0. The molecule has 6 nitrogen and oxygen atoms in total. The maximum Gasteiger partial charge on any atom is 0.108 e. The van der Waals surface area contributed by atoms with Crippen LogP contribution in [0.15, 0.2) is 0 Å². The molecule has 0 spiro atoms. The van der Waals surface area contributed by atoms with Crippen LogP contribution in [0, 0.1) is 213 Å². The lowest BCUT2D eigenvalue weighted by Crippen LogP contribution is -2.39. The summed E-state index contributed by atoms with van der Waals surface area (Å²) in [6.45, 7) is 0. The third-order valence-electron chi connectivity index (χ3n) is 43.4. The van der Waals surface area contributed by atoms with E-state index in [0.717, 1.165) is 217 Å². The van der Waals surface area contributed by atoms with Crippen LogP contribution in [0.5, 0.6) is 0 Å². The van der Waals surface area contributed by atoms with E-state index in [1.54, 1.807) is 0 Å². The van der Waals surface area contributed by atoms with Crippen molar-refractivity contribution in [3.05, 3.63) is 0 Å². The Labute approximate surface area is 762 Å². The highest BCUT2D eigenvalue weighted by atomic mass is 32.2. The van der Waals surface area contributed by atoms with Gasteiger partial charge < -0.3 is 27.3 Å². The van der Waals surface area contributed by atoms with Crippen LogP contribution in [0.25, 0.3) is 0 Å². The van der Waals surface area contributed by atoms with Gasteiger partial charge >= 0.3 is 0 Å². The smallest absolute Gasteiger partial charge is 0.108 e. The molecule has 50 rings (SSSR count). The fourth-order valence-corrected chi connectivity index (χ4v) is 47.0. The van der Waals surface area contributed by atoms with E-state index in [9.17, 15) is 27.3 Å². The Morgan fingerprint density at radius 1 is 0.0992 bits per heavy atom. The van der Waals surface area contributed by atoms with E-state index in [1.165, 1.54) is 392 Å². The minimum atomic E-state index is -0.712. The monoisotopic (exact) mass is 1780 g/mol. The van der Waals surface area contributed by atoms with Crippen LogP contribution in [0.1, 0.15) is 392 Å². The van der Waals surface area contributed by atoms with Gasteiger partial charge in [-0.15, -0.1) is 0 Å². The summed E-state index contributed by atoms with van der Waals surface area (Å²) in [5, 5.41) is 0. The Morgan fingerprint density at radius 3 is 0.314 bits per heavy atom. The lowest BCUT2D eigenvalue weighted by molar-refractivity contribution is 0.0338. The molecule has 0 aromatic rings. The molecule has 16 saturated carbocycles. The van der Waals surface area contributed by atoms with Crippen molar-refractivity contribution in [2.75, 3.05) is 69.0 Å². The molecule has 50 aliphatic rings. The Balaban J connectivity index is 0.590. The second-order valence-electron chi connectivity index (χ2n) is 50.3. The second kappa shape index (κ2) is 44.1. The highest BCUT2D eigenvalue weighted by molar-refractivity contribution is 7.92. The molecule has 34 aliphatic heterocycles. The summed E-state index contributed by atoms with van der Waals surface area (Å²) in [6, 6.07) is 0. The minimum absolute atomic E-state index is 0.647. The highest BCUT2D eigenvalue weighted by Crippen LogP contribution is 2.60. The fraction of sp³-hybridized carbons (Fsp3) is 1.00. The third-order valence-corrected chi connectivity index (χ3v) is 53.3. The van der Waals surface area contributed by atoms with Crippen LogP contribution >= 0.6 is 0 Å². The maximum absolute atomic E-state index is 14.6. The van der Waals surface area contributed by atoms with Crippen LogP contribution in [-0.4, -0.2) is 96.4 Å². The van der Waals surface area contributed by atoms with Gasteiger partial charge in [-0.3, -0.25) is 0 Å². The molecular formula is C109H182O6S6. The number of hydrogen-bond acceptors (Lipinski definition) is 6. The predicted octanol–water partition coefficient (Wildman–Crippen LogP) is 26.7. The van der Waals surface area contributed by atoms with Crippen LogP contribution in [0.4, 0.5) is 0 Å². The first-order valence-corrected chi connectivity index (χ1v) is 64.2. The van der Waals surface area contributed by atoms with Crippen molar-refractivity contribution in [1.29, 1.82) is 0 Å². The molecule has 34 heterocycles. The Kier molecular flexibility index (Phi) is 33.5. The average molecular weight is 1780 g/mol. The summed E-state index contributed by atoms with van der Waals surface area (Å²) in [6.07, 6.45) is 83.7. The van der Waals surface area contributed by atoms with Crippen LogP contribution in [-0.2, 0) is 67.1 Å². The Bertz CT molecular complexity index is 2770. The largest absolute Gasteiger partial charge is 0.616 e. The minimum Gasteiger partial charge on any atom is -0.616 e. The zero-order valence-electron chi connectivity index (χ0n) is 77.3. The van der Waals surface area contributed by atoms with Crippen LogP contribution in [0.2, 0.25) is 0 Å². The van der Waals surface area contributed by atoms with Gasteiger partial charge in [-0.1, -0.05) is 67.1 Å². The molecule has 0 radical (unpaired) electrons. The first-order chi connectivity index (χ1) is 59.2. The van der Waals surface area contributed by atoms with Crippen molar-refractivity contribution < 1.29 is 27.3 Å². The van der Waals surface area contributed by atoms with Crippen LogP contribution < -0.4 is 0 Å². The fourth-order valence-electron chi connectivity index (χ4n) is 36.1. The van der Waals surface area contributed by atoms with Gasteiger partial charge in [0.1, 0.15) is 69.0 Å². The zero-order valence-corrected chi connectivity index (χ0v) is 82.2. The number of hydrogen-bond donors (Lipinski definition) is 0. The molecule has 0 amide bonds. The van der Waals surface area contributed by atoms with Crippen molar-refractivity contribution in [1.82, 2.24) is 0 Å². The van der Waals surface area contributed by atoms with Crippen molar-refractivity contribution in [3.63, 3.8) is 0 Å². The van der Waals surface area contributed by atoms with Gasteiger partial charge in [-0.05, 0) is 540 Å². The first-order valence-electron chi connectivity index (χ1n) is 55.3. The lowest BCUT2D eigenvalue weighted by Gasteiger charge is -2.48. The molecule has 0 aromatic heterocycles. The summed E-state index contributed by atoms with van der Waals surface area (Å²) >= 11 is -4.26. The van der Waals surface area contributed by atoms with Gasteiger partial charge in [-0.2, -0.15) is 0 Å². The SMILES string of the molecule is [O-][S+]1C[C@H]2CC[C@H](CC2)C2CC3C[C@H](C2)[C@@H]2CC[C@@H](CC2)C[S+]([O-])C[C@H]2CC[C@H](CC2)[C@H]2CC4C[C@H](C2)[C@@H]2CC[C@@H](CC2)C[S+]([O-])C[C@H]2CC[C@H](CC2)[C@H]2CC(CC(C2)[C@@H]2CC[C@@H](CC2)C[S+]([O-])C[C@H]2CC[C@H](CC2)[C@H]2CC(C[C@H](C2)[C@@H]2CC[C@@H](CC2)C1)C1CCC(CC1)C[S@+]([O-])CC1CCC4CC1)[C@@H]1CC[C@H](CC[S@+]([O-])C[C@H]2CC[C@@H]3CC2)CC1. The molecular weight excluding hydrogens is 1600 g/mol. The topological polar surface area (TPSA) is 138 Å². The lowest BCUT2D eigenvalue weighted by atomic mass is 9.58. The van der Waals surface area contributed by atoms with E-state index in [-0.39, 0.29) is 0 Å². The summed E-state index contributed by atoms with van der Waals surface area (Å²) in [7, 11) is 0. The first kappa shape index (κ1) is 92.0. The van der Waals surface area contributed by atoms with Gasteiger partial charge in [0.2, 0.25) is 0 Å². The van der Waals surface area contributed by atoms with Gasteiger partial charge in [0, 0.05) is 65.1 Å². The summed E-state index contributed by atoms with van der Waals surface area (Å²) in [5.74, 6) is 40.0. The number of rotatable bonds is 0. The van der Waals surface area contributed by atoms with Gasteiger partial charge in [0.05, 0.1) is 0 Å². The maximum atomic E-state index is 14.6. The molecule has 0 N–H and O–H groups in total. The van der Waals surface area contributed by atoms with Crippen LogP contribution in [0.3, 0.4) is 0 Å². The molecule has 121 heavy (non-hydrogen) atoms. The van der Waals surface area contributed by atoms with Crippen molar-refractivity contribution in [3.8, 4) is 0 Å². The molecule has 36 bridgehead atoms. The molecule has 690 valence electrons. The molecule has 34 saturated heterocycles. The molecule has 10 unspecified atom stereocenters. The Morgan fingerprint density at radius 2 is 0.198 bits per heavy atom. The van der Waals surface area contributed by atoms with Crippen molar-refractivity contribution in [2.24, 2.45) is 213 Å². The molecule has 0 aromatic carbocycles. The van der Waals surface area contributed by atoms with Gasteiger partial charge in [0.15, 0.2) is 0 Å². The highest BCUT2D eigenvalue weighted by Gasteiger charge is 2.51. The summed E-state index contributed by atoms with van der Waals surface area (Å²) in [4.78, 5) is 0. The van der Waals surface area contributed by atoms with E-state index >= 15 is 0 Å². The van der Waals surface area contributed by atoms with Crippen molar-refractivity contribution >= 4 is 67.1 Å². The van der Waals surface area contributed by atoms with E-state index in [0.29, 0.717) is 65.1 Å². The molecule has 16 aliphatic carbocycles. The molecule has 50 fully saturated rings. The van der Waals surface area contributed by atoms with Gasteiger partial charge in [-0.25, -0.2) is 0 Å². The third kappa shape index (κ3) is 24.6. The van der Waals surface area contributed by atoms with Gasteiger partial charge in [0.25, 0.3) is 0 Å². The molecule has 12 heteroatoms.